The van der Waals surface area contributed by atoms with Gasteiger partial charge in [0.1, 0.15) is 0 Å². The van der Waals surface area contributed by atoms with E-state index >= 15 is 0 Å². The summed E-state index contributed by atoms with van der Waals surface area (Å²) in [5.74, 6) is 0.685. The number of rotatable bonds is 4. The van der Waals surface area contributed by atoms with E-state index in [0.29, 0.717) is 12.0 Å². The Bertz CT molecular complexity index is 328. The lowest BCUT2D eigenvalue weighted by molar-refractivity contribution is 0.222. The Morgan fingerprint density at radius 2 is 2.07 bits per heavy atom. The largest absolute Gasteiger partial charge is 0.461 e. The molecule has 82 valence electrons. The van der Waals surface area contributed by atoms with Gasteiger partial charge in [-0.1, -0.05) is 0 Å². The fourth-order valence-corrected chi connectivity index (χ4v) is 1.11. The van der Waals surface area contributed by atoms with Crippen molar-refractivity contribution < 1.29 is 4.74 Å². The van der Waals surface area contributed by atoms with Gasteiger partial charge in [-0.25, -0.2) is 0 Å². The second-order valence-electron chi connectivity index (χ2n) is 3.89. The van der Waals surface area contributed by atoms with Crippen molar-refractivity contribution in [3.63, 3.8) is 0 Å². The van der Waals surface area contributed by atoms with Crippen molar-refractivity contribution in [1.82, 2.24) is 15.0 Å². The highest BCUT2D eigenvalue weighted by molar-refractivity contribution is 5.34. The van der Waals surface area contributed by atoms with Crippen molar-refractivity contribution in [1.29, 1.82) is 0 Å². The smallest absolute Gasteiger partial charge is 0.323 e. The van der Waals surface area contributed by atoms with E-state index in [1.54, 1.807) is 0 Å². The van der Waals surface area contributed by atoms with Crippen molar-refractivity contribution >= 4 is 11.9 Å². The van der Waals surface area contributed by atoms with E-state index in [4.69, 9.17) is 10.5 Å². The fraction of sp³-hybridized carbons (Fsp3) is 0.667. The number of nitrogens with two attached hydrogens (primary N) is 1. The second kappa shape index (κ2) is 3.88. The van der Waals surface area contributed by atoms with Crippen molar-refractivity contribution in [2.24, 2.45) is 0 Å². The molecule has 1 aliphatic rings. The molecule has 15 heavy (non-hydrogen) atoms. The van der Waals surface area contributed by atoms with Crippen LogP contribution in [0.15, 0.2) is 0 Å². The SMILES string of the molecule is CC(C)Oc1nc(N)nc(NC2CC2)n1. The third-order valence-corrected chi connectivity index (χ3v) is 1.88. The van der Waals surface area contributed by atoms with Crippen molar-refractivity contribution in [2.45, 2.75) is 38.8 Å². The molecule has 1 aliphatic carbocycles. The molecule has 0 amide bonds. The number of hydrogen-bond donors (Lipinski definition) is 2. The summed E-state index contributed by atoms with van der Waals surface area (Å²) in [4.78, 5) is 12.0. The second-order valence-corrected chi connectivity index (χ2v) is 3.89. The van der Waals surface area contributed by atoms with Gasteiger partial charge in [0.15, 0.2) is 0 Å². The topological polar surface area (TPSA) is 86.0 Å². The summed E-state index contributed by atoms with van der Waals surface area (Å²) in [5.41, 5.74) is 5.55. The molecule has 1 saturated carbocycles. The van der Waals surface area contributed by atoms with Gasteiger partial charge >= 0.3 is 6.01 Å². The molecule has 6 nitrogen and oxygen atoms in total. The molecule has 2 rings (SSSR count). The molecule has 0 spiro atoms. The summed E-state index contributed by atoms with van der Waals surface area (Å²) >= 11 is 0. The Morgan fingerprint density at radius 3 is 2.67 bits per heavy atom. The Hall–Kier alpha value is -1.59. The maximum Gasteiger partial charge on any atom is 0.323 e. The molecule has 0 bridgehead atoms. The number of hydrogen-bond acceptors (Lipinski definition) is 6. The van der Waals surface area contributed by atoms with Crippen LogP contribution < -0.4 is 15.8 Å². The molecule has 0 aromatic carbocycles. The number of nitrogens with zero attached hydrogens (tertiary/aromatic N) is 3. The van der Waals surface area contributed by atoms with Crippen molar-refractivity contribution in [3.05, 3.63) is 0 Å². The van der Waals surface area contributed by atoms with Crippen molar-refractivity contribution in [2.75, 3.05) is 11.1 Å². The molecule has 1 aromatic rings. The predicted molar refractivity (Wildman–Crippen MR) is 56.6 cm³/mol. The van der Waals surface area contributed by atoms with Gasteiger partial charge in [0.05, 0.1) is 6.10 Å². The Balaban J connectivity index is 2.11. The first-order valence-corrected chi connectivity index (χ1v) is 5.08. The van der Waals surface area contributed by atoms with E-state index in [0.717, 1.165) is 12.8 Å². The third-order valence-electron chi connectivity index (χ3n) is 1.88. The number of nitrogen functional groups attached to an aromatic ring is 1. The van der Waals surface area contributed by atoms with Gasteiger partial charge in [-0.3, -0.25) is 0 Å². The standard InChI is InChI=1S/C9H15N5O/c1-5(2)15-9-13-7(10)12-8(14-9)11-6-3-4-6/h5-6H,3-4H2,1-2H3,(H3,10,11,12,13,14). The summed E-state index contributed by atoms with van der Waals surface area (Å²) in [5, 5.41) is 3.15. The summed E-state index contributed by atoms with van der Waals surface area (Å²) in [6.45, 7) is 3.82. The molecule has 1 fully saturated rings. The zero-order valence-electron chi connectivity index (χ0n) is 8.90. The van der Waals surface area contributed by atoms with Crippen LogP contribution in [0.25, 0.3) is 0 Å². The maximum absolute atomic E-state index is 5.55. The highest BCUT2D eigenvalue weighted by Crippen LogP contribution is 2.23. The van der Waals surface area contributed by atoms with Crippen LogP contribution in [0.1, 0.15) is 26.7 Å². The van der Waals surface area contributed by atoms with Crippen LogP contribution in [0.3, 0.4) is 0 Å². The van der Waals surface area contributed by atoms with Crippen LogP contribution in [-0.2, 0) is 0 Å². The van der Waals surface area contributed by atoms with Crippen LogP contribution in [0.5, 0.6) is 6.01 Å². The molecule has 0 aliphatic heterocycles. The zero-order chi connectivity index (χ0) is 10.8. The van der Waals surface area contributed by atoms with E-state index in [1.165, 1.54) is 0 Å². The van der Waals surface area contributed by atoms with E-state index in [-0.39, 0.29) is 18.1 Å². The Kier molecular flexibility index (Phi) is 2.57. The van der Waals surface area contributed by atoms with Crippen LogP contribution >= 0.6 is 0 Å². The van der Waals surface area contributed by atoms with Gasteiger partial charge in [-0.2, -0.15) is 15.0 Å². The highest BCUT2D eigenvalue weighted by Gasteiger charge is 2.22. The average molecular weight is 209 g/mol. The first kappa shape index (κ1) is 9.95. The van der Waals surface area contributed by atoms with E-state index < -0.39 is 0 Å². The number of aromatic nitrogens is 3. The monoisotopic (exact) mass is 209 g/mol. The molecular formula is C9H15N5O. The maximum atomic E-state index is 5.55. The highest BCUT2D eigenvalue weighted by atomic mass is 16.5. The van der Waals surface area contributed by atoms with Gasteiger partial charge in [0.25, 0.3) is 0 Å². The zero-order valence-corrected chi connectivity index (χ0v) is 8.90. The minimum atomic E-state index is 0.0283. The third kappa shape index (κ3) is 2.93. The molecule has 0 saturated heterocycles. The van der Waals surface area contributed by atoms with Crippen LogP contribution in [-0.4, -0.2) is 27.1 Å². The lowest BCUT2D eigenvalue weighted by Crippen LogP contribution is -2.13. The summed E-state index contributed by atoms with van der Waals surface area (Å²) in [6, 6.07) is 0.763. The van der Waals surface area contributed by atoms with E-state index in [9.17, 15) is 0 Å². The minimum Gasteiger partial charge on any atom is -0.461 e. The molecule has 0 unspecified atom stereocenters. The first-order valence-electron chi connectivity index (χ1n) is 5.08. The average Bonchev–Trinajstić information content (AvgIpc) is 2.85. The van der Waals surface area contributed by atoms with Gasteiger partial charge in [-0.05, 0) is 26.7 Å². The predicted octanol–water partition coefficient (Wildman–Crippen LogP) is 0.815. The Labute approximate surface area is 88.3 Å². The molecule has 3 N–H and O–H groups in total. The normalized spacial score (nSPS) is 15.4. The first-order chi connectivity index (χ1) is 7.13. The van der Waals surface area contributed by atoms with Crippen LogP contribution in [0.4, 0.5) is 11.9 Å². The lowest BCUT2D eigenvalue weighted by Gasteiger charge is -2.09. The summed E-state index contributed by atoms with van der Waals surface area (Å²) < 4.78 is 5.36. The molecule has 0 atom stereocenters. The Morgan fingerprint density at radius 1 is 1.33 bits per heavy atom. The quantitative estimate of drug-likeness (QED) is 0.763. The van der Waals surface area contributed by atoms with E-state index in [2.05, 4.69) is 20.3 Å². The molecule has 6 heteroatoms. The van der Waals surface area contributed by atoms with Crippen LogP contribution in [0.2, 0.25) is 0 Å². The van der Waals surface area contributed by atoms with Gasteiger partial charge in [-0.15, -0.1) is 0 Å². The molecule has 1 aromatic heterocycles. The van der Waals surface area contributed by atoms with E-state index in [1.807, 2.05) is 13.8 Å². The van der Waals surface area contributed by atoms with Crippen LogP contribution in [0, 0.1) is 0 Å². The lowest BCUT2D eigenvalue weighted by atomic mass is 10.5. The minimum absolute atomic E-state index is 0.0283. The van der Waals surface area contributed by atoms with Gasteiger partial charge in [0.2, 0.25) is 11.9 Å². The fourth-order valence-electron chi connectivity index (χ4n) is 1.11. The van der Waals surface area contributed by atoms with Crippen molar-refractivity contribution in [3.8, 4) is 6.01 Å². The number of anilines is 2. The summed E-state index contributed by atoms with van der Waals surface area (Å²) in [6.07, 6.45) is 2.35. The number of ether oxygens (including phenoxy) is 1. The van der Waals surface area contributed by atoms with Gasteiger partial charge in [0, 0.05) is 6.04 Å². The number of nitrogens with one attached hydrogen (secondary N) is 1. The van der Waals surface area contributed by atoms with Gasteiger partial charge < -0.3 is 15.8 Å². The molecular weight excluding hydrogens is 194 g/mol. The summed E-state index contributed by atoms with van der Waals surface area (Å²) in [7, 11) is 0. The molecule has 0 radical (unpaired) electrons. The molecule has 1 heterocycles.